The van der Waals surface area contributed by atoms with Crippen molar-refractivity contribution in [1.29, 1.82) is 0 Å². The molecule has 1 fully saturated rings. The summed E-state index contributed by atoms with van der Waals surface area (Å²) >= 11 is 0. The summed E-state index contributed by atoms with van der Waals surface area (Å²) in [5.74, 6) is -1.08. The topological polar surface area (TPSA) is 118 Å². The summed E-state index contributed by atoms with van der Waals surface area (Å²) in [4.78, 5) is 22.9. The molecule has 1 aliphatic rings. The van der Waals surface area contributed by atoms with Crippen molar-refractivity contribution >= 4 is 12.0 Å². The van der Waals surface area contributed by atoms with Gasteiger partial charge in [0.15, 0.2) is 5.54 Å². The Morgan fingerprint density at radius 3 is 2.95 bits per heavy atom. The number of aliphatic carboxylic acids is 1. The summed E-state index contributed by atoms with van der Waals surface area (Å²) in [5.41, 5.74) is -1.31. The number of urea groups is 1. The van der Waals surface area contributed by atoms with Gasteiger partial charge in [0.25, 0.3) is 0 Å². The van der Waals surface area contributed by atoms with Crippen molar-refractivity contribution < 1.29 is 19.4 Å². The largest absolute Gasteiger partial charge is 0.479 e. The lowest BCUT2D eigenvalue weighted by Crippen LogP contribution is -2.57. The van der Waals surface area contributed by atoms with E-state index in [0.717, 1.165) is 0 Å². The Kier molecular flexibility index (Phi) is 4.51. The molecule has 0 bridgehead atoms. The lowest BCUT2D eigenvalue weighted by molar-refractivity contribution is -0.144. The minimum Gasteiger partial charge on any atom is -0.479 e. The standard InChI is InChI=1S/C11H17N5O4/c17-9(18)11(2-7-20-8-11)14-10(19)12-3-1-5-16-6-4-13-15-16/h4,6H,1-3,5,7-8H2,(H,17,18)(H2,12,14,19). The second kappa shape index (κ2) is 6.33. The molecule has 0 radical (unpaired) electrons. The Morgan fingerprint density at radius 2 is 2.35 bits per heavy atom. The first kappa shape index (κ1) is 14.3. The number of amides is 2. The number of aromatic nitrogens is 3. The Bertz CT molecular complexity index is 455. The van der Waals surface area contributed by atoms with Crippen LogP contribution in [0.1, 0.15) is 12.8 Å². The summed E-state index contributed by atoms with van der Waals surface area (Å²) in [6.45, 7) is 1.38. The second-order valence-corrected chi connectivity index (χ2v) is 4.59. The number of hydrogen-bond acceptors (Lipinski definition) is 5. The molecule has 1 unspecified atom stereocenters. The second-order valence-electron chi connectivity index (χ2n) is 4.59. The van der Waals surface area contributed by atoms with Gasteiger partial charge in [0.1, 0.15) is 0 Å². The van der Waals surface area contributed by atoms with Crippen molar-refractivity contribution in [3.8, 4) is 0 Å². The number of carboxylic acid groups (broad SMARTS) is 1. The van der Waals surface area contributed by atoms with E-state index in [-0.39, 0.29) is 13.0 Å². The van der Waals surface area contributed by atoms with Gasteiger partial charge in [0.05, 0.1) is 12.8 Å². The van der Waals surface area contributed by atoms with Crippen LogP contribution in [0.15, 0.2) is 12.4 Å². The van der Waals surface area contributed by atoms with Gasteiger partial charge in [-0.15, -0.1) is 5.10 Å². The zero-order valence-corrected chi connectivity index (χ0v) is 10.9. The number of nitrogens with one attached hydrogen (secondary N) is 2. The molecule has 110 valence electrons. The quantitative estimate of drug-likeness (QED) is 0.589. The minimum atomic E-state index is -1.31. The van der Waals surface area contributed by atoms with E-state index < -0.39 is 17.5 Å². The molecular weight excluding hydrogens is 266 g/mol. The number of carbonyl (C=O) groups excluding carboxylic acids is 1. The van der Waals surface area contributed by atoms with Gasteiger partial charge in [-0.25, -0.2) is 9.59 Å². The predicted octanol–water partition coefficient (Wildman–Crippen LogP) is -0.789. The number of aryl methyl sites for hydroxylation is 1. The molecular formula is C11H17N5O4. The van der Waals surface area contributed by atoms with E-state index in [2.05, 4.69) is 20.9 Å². The Balaban J connectivity index is 1.70. The fourth-order valence-corrected chi connectivity index (χ4v) is 1.94. The van der Waals surface area contributed by atoms with Crippen LogP contribution < -0.4 is 10.6 Å². The van der Waals surface area contributed by atoms with Crippen LogP contribution in [-0.4, -0.2) is 57.4 Å². The number of carbonyl (C=O) groups is 2. The fourth-order valence-electron chi connectivity index (χ4n) is 1.94. The van der Waals surface area contributed by atoms with Crippen LogP contribution in [-0.2, 0) is 16.1 Å². The van der Waals surface area contributed by atoms with E-state index in [1.807, 2.05) is 0 Å². The van der Waals surface area contributed by atoms with Crippen LogP contribution in [0.2, 0.25) is 0 Å². The monoisotopic (exact) mass is 283 g/mol. The first-order valence-electron chi connectivity index (χ1n) is 6.34. The van der Waals surface area contributed by atoms with E-state index in [0.29, 0.717) is 26.1 Å². The van der Waals surface area contributed by atoms with E-state index in [4.69, 9.17) is 9.84 Å². The molecule has 9 nitrogen and oxygen atoms in total. The Labute approximate surface area is 115 Å². The molecule has 2 amide bonds. The van der Waals surface area contributed by atoms with Crippen molar-refractivity contribution in [3.05, 3.63) is 12.4 Å². The number of nitrogens with zero attached hydrogens (tertiary/aromatic N) is 3. The molecule has 20 heavy (non-hydrogen) atoms. The zero-order chi connectivity index (χ0) is 14.4. The smallest absolute Gasteiger partial charge is 0.332 e. The SMILES string of the molecule is O=C(NCCCn1ccnn1)NC1(C(=O)O)CCOC1. The van der Waals surface area contributed by atoms with E-state index >= 15 is 0 Å². The molecule has 1 aromatic heterocycles. The van der Waals surface area contributed by atoms with Gasteiger partial charge < -0.3 is 20.5 Å². The summed E-state index contributed by atoms with van der Waals surface area (Å²) in [6, 6.07) is -0.503. The highest BCUT2D eigenvalue weighted by molar-refractivity contribution is 5.86. The third kappa shape index (κ3) is 3.44. The molecule has 3 N–H and O–H groups in total. The molecule has 1 aliphatic heterocycles. The molecule has 0 saturated carbocycles. The summed E-state index contributed by atoms with van der Waals surface area (Å²) in [7, 11) is 0. The Hall–Kier alpha value is -2.16. The molecule has 0 aliphatic carbocycles. The molecule has 9 heteroatoms. The average molecular weight is 283 g/mol. The highest BCUT2D eigenvalue weighted by Crippen LogP contribution is 2.18. The number of hydrogen-bond donors (Lipinski definition) is 3. The van der Waals surface area contributed by atoms with Gasteiger partial charge in [0.2, 0.25) is 0 Å². The van der Waals surface area contributed by atoms with Gasteiger partial charge in [0, 0.05) is 32.3 Å². The predicted molar refractivity (Wildman–Crippen MR) is 67.0 cm³/mol. The first-order valence-corrected chi connectivity index (χ1v) is 6.34. The highest BCUT2D eigenvalue weighted by atomic mass is 16.5. The molecule has 2 rings (SSSR count). The van der Waals surface area contributed by atoms with Crippen LogP contribution >= 0.6 is 0 Å². The molecule has 1 atom stereocenters. The van der Waals surface area contributed by atoms with E-state index in [1.165, 1.54) is 0 Å². The maximum atomic E-state index is 11.7. The van der Waals surface area contributed by atoms with Crippen LogP contribution in [0, 0.1) is 0 Å². The minimum absolute atomic E-state index is 0.00525. The molecule has 0 spiro atoms. The van der Waals surface area contributed by atoms with Gasteiger partial charge in [-0.1, -0.05) is 5.21 Å². The van der Waals surface area contributed by atoms with Gasteiger partial charge >= 0.3 is 12.0 Å². The van der Waals surface area contributed by atoms with Crippen LogP contribution in [0.25, 0.3) is 0 Å². The lowest BCUT2D eigenvalue weighted by Gasteiger charge is -2.23. The van der Waals surface area contributed by atoms with Gasteiger partial charge in [-0.2, -0.15) is 0 Å². The summed E-state index contributed by atoms with van der Waals surface area (Å²) in [6.07, 6.45) is 4.26. The summed E-state index contributed by atoms with van der Waals surface area (Å²) < 4.78 is 6.71. The molecule has 1 aromatic rings. The average Bonchev–Trinajstić information content (AvgIpc) is 3.06. The maximum absolute atomic E-state index is 11.7. The van der Waals surface area contributed by atoms with Crippen molar-refractivity contribution in [2.24, 2.45) is 0 Å². The number of ether oxygens (including phenoxy) is 1. The van der Waals surface area contributed by atoms with Crippen molar-refractivity contribution in [3.63, 3.8) is 0 Å². The zero-order valence-electron chi connectivity index (χ0n) is 10.9. The number of rotatable bonds is 6. The number of carboxylic acids is 1. The first-order chi connectivity index (χ1) is 9.62. The Morgan fingerprint density at radius 1 is 1.50 bits per heavy atom. The van der Waals surface area contributed by atoms with Crippen molar-refractivity contribution in [2.45, 2.75) is 24.9 Å². The van der Waals surface area contributed by atoms with Gasteiger partial charge in [-0.3, -0.25) is 4.68 Å². The highest BCUT2D eigenvalue weighted by Gasteiger charge is 2.43. The van der Waals surface area contributed by atoms with Gasteiger partial charge in [-0.05, 0) is 6.42 Å². The van der Waals surface area contributed by atoms with Crippen molar-refractivity contribution in [1.82, 2.24) is 25.6 Å². The lowest BCUT2D eigenvalue weighted by atomic mass is 9.99. The van der Waals surface area contributed by atoms with E-state index in [9.17, 15) is 9.59 Å². The third-order valence-electron chi connectivity index (χ3n) is 3.11. The summed E-state index contributed by atoms with van der Waals surface area (Å²) in [5, 5.41) is 21.7. The third-order valence-corrected chi connectivity index (χ3v) is 3.11. The fraction of sp³-hybridized carbons (Fsp3) is 0.636. The maximum Gasteiger partial charge on any atom is 0.332 e. The van der Waals surface area contributed by atoms with Crippen LogP contribution in [0.4, 0.5) is 4.79 Å². The van der Waals surface area contributed by atoms with Crippen molar-refractivity contribution in [2.75, 3.05) is 19.8 Å². The molecule has 1 saturated heterocycles. The normalized spacial score (nSPS) is 21.6. The van der Waals surface area contributed by atoms with Crippen LogP contribution in [0.5, 0.6) is 0 Å². The molecule has 0 aromatic carbocycles. The van der Waals surface area contributed by atoms with E-state index in [1.54, 1.807) is 17.1 Å². The van der Waals surface area contributed by atoms with Crippen LogP contribution in [0.3, 0.4) is 0 Å². The molecule has 2 heterocycles.